The summed E-state index contributed by atoms with van der Waals surface area (Å²) in [6.07, 6.45) is 10.1. The van der Waals surface area contributed by atoms with Gasteiger partial charge in [0.15, 0.2) is 0 Å². The molecule has 5 nitrogen and oxygen atoms in total. The van der Waals surface area contributed by atoms with Crippen molar-refractivity contribution in [3.63, 3.8) is 0 Å². The summed E-state index contributed by atoms with van der Waals surface area (Å²) in [5.41, 5.74) is 1.41. The molecule has 2 heterocycles. The Hall–Kier alpha value is -0.850. The average molecular weight is 352 g/mol. The first-order chi connectivity index (χ1) is 11.6. The molecule has 2 aliphatic carbocycles. The van der Waals surface area contributed by atoms with Crippen LogP contribution in [0.25, 0.3) is 0 Å². The molecule has 3 aliphatic rings. The molecule has 0 unspecified atom stereocenters. The molecule has 1 aromatic rings. The van der Waals surface area contributed by atoms with Crippen molar-refractivity contribution in [1.82, 2.24) is 14.2 Å². The van der Waals surface area contributed by atoms with E-state index in [0.29, 0.717) is 12.5 Å². The molecule has 4 rings (SSSR count). The minimum absolute atomic E-state index is 0.113. The van der Waals surface area contributed by atoms with E-state index in [1.807, 2.05) is 0 Å². The second-order valence-electron chi connectivity index (χ2n) is 7.81. The van der Waals surface area contributed by atoms with Gasteiger partial charge in [0.05, 0.1) is 5.25 Å². The minimum Gasteiger partial charge on any atom is -0.350 e. The molecule has 134 valence electrons. The van der Waals surface area contributed by atoms with E-state index >= 15 is 0 Å². The van der Waals surface area contributed by atoms with Crippen LogP contribution >= 0.6 is 0 Å². The Morgan fingerprint density at radius 1 is 1.12 bits per heavy atom. The van der Waals surface area contributed by atoms with E-state index in [9.17, 15) is 8.42 Å². The molecule has 1 aliphatic heterocycles. The quantitative estimate of drug-likeness (QED) is 0.856. The lowest BCUT2D eigenvalue weighted by atomic mass is 10.0. The SMILES string of the molecule is O=S(=O)(NCC[C@@H]1CN(C2CCCC2)Cc2cccn2C1)C1CC1. The highest BCUT2D eigenvalue weighted by Crippen LogP contribution is 2.29. The van der Waals surface area contributed by atoms with Crippen LogP contribution in [0.15, 0.2) is 18.3 Å². The van der Waals surface area contributed by atoms with Crippen LogP contribution in [-0.2, 0) is 23.1 Å². The van der Waals surface area contributed by atoms with Gasteiger partial charge in [-0.3, -0.25) is 4.90 Å². The number of rotatable bonds is 6. The number of fused-ring (bicyclic) bond motifs is 1. The highest BCUT2D eigenvalue weighted by molar-refractivity contribution is 7.90. The topological polar surface area (TPSA) is 54.3 Å². The lowest BCUT2D eigenvalue weighted by Gasteiger charge is -2.29. The van der Waals surface area contributed by atoms with E-state index in [0.717, 1.165) is 44.9 Å². The van der Waals surface area contributed by atoms with E-state index in [1.54, 1.807) is 0 Å². The number of aromatic nitrogens is 1. The van der Waals surface area contributed by atoms with E-state index in [2.05, 4.69) is 32.5 Å². The second-order valence-corrected chi connectivity index (χ2v) is 9.86. The highest BCUT2D eigenvalue weighted by atomic mass is 32.2. The van der Waals surface area contributed by atoms with Crippen molar-refractivity contribution in [2.45, 2.75) is 69.3 Å². The number of nitrogens with zero attached hydrogens (tertiary/aromatic N) is 2. The number of hydrogen-bond donors (Lipinski definition) is 1. The molecule has 24 heavy (non-hydrogen) atoms. The summed E-state index contributed by atoms with van der Waals surface area (Å²) in [7, 11) is -3.05. The Labute approximate surface area is 145 Å². The summed E-state index contributed by atoms with van der Waals surface area (Å²) in [5, 5.41) is -0.113. The predicted molar refractivity (Wildman–Crippen MR) is 95.1 cm³/mol. The first-order valence-electron chi connectivity index (χ1n) is 9.48. The van der Waals surface area contributed by atoms with E-state index < -0.39 is 10.0 Å². The standard InChI is InChI=1S/C18H29N3O2S/c22-24(23,18-7-8-18)19-10-9-15-12-20-11-3-6-17(20)14-21(13-15)16-4-1-2-5-16/h3,6,11,15-16,18-19H,1-2,4-5,7-10,12-14H2/t15-/m0/s1. The normalized spacial score (nSPS) is 26.4. The van der Waals surface area contributed by atoms with Gasteiger partial charge in [-0.15, -0.1) is 0 Å². The third kappa shape index (κ3) is 3.70. The van der Waals surface area contributed by atoms with E-state index in [4.69, 9.17) is 0 Å². The first-order valence-corrected chi connectivity index (χ1v) is 11.0. The maximum atomic E-state index is 12.0. The Morgan fingerprint density at radius 2 is 1.92 bits per heavy atom. The van der Waals surface area contributed by atoms with Gasteiger partial charge in [0, 0.05) is 44.1 Å². The van der Waals surface area contributed by atoms with Gasteiger partial charge < -0.3 is 4.57 Å². The van der Waals surface area contributed by atoms with Gasteiger partial charge in [-0.25, -0.2) is 13.1 Å². The van der Waals surface area contributed by atoms with Gasteiger partial charge in [-0.1, -0.05) is 12.8 Å². The molecule has 2 saturated carbocycles. The smallest absolute Gasteiger partial charge is 0.214 e. The van der Waals surface area contributed by atoms with E-state index in [1.165, 1.54) is 31.4 Å². The largest absolute Gasteiger partial charge is 0.350 e. The zero-order valence-electron chi connectivity index (χ0n) is 14.4. The summed E-state index contributed by atoms with van der Waals surface area (Å²) in [5.74, 6) is 0.515. The number of hydrogen-bond acceptors (Lipinski definition) is 3. The van der Waals surface area contributed by atoms with Crippen molar-refractivity contribution in [3.05, 3.63) is 24.0 Å². The van der Waals surface area contributed by atoms with Crippen molar-refractivity contribution in [2.75, 3.05) is 13.1 Å². The van der Waals surface area contributed by atoms with Crippen LogP contribution in [0.1, 0.15) is 50.6 Å². The summed E-state index contributed by atoms with van der Waals surface area (Å²) in [6.45, 7) is 3.73. The first kappa shape index (κ1) is 16.6. The van der Waals surface area contributed by atoms with Crippen molar-refractivity contribution in [1.29, 1.82) is 0 Å². The van der Waals surface area contributed by atoms with Crippen LogP contribution in [-0.4, -0.2) is 42.3 Å². The Bertz CT molecular complexity index is 660. The molecule has 1 aromatic heterocycles. The van der Waals surface area contributed by atoms with Crippen LogP contribution in [0, 0.1) is 5.92 Å². The zero-order chi connectivity index (χ0) is 16.6. The molecule has 0 aromatic carbocycles. The molecular formula is C18H29N3O2S. The molecule has 0 spiro atoms. The second kappa shape index (κ2) is 6.81. The summed E-state index contributed by atoms with van der Waals surface area (Å²) in [4.78, 5) is 2.66. The summed E-state index contributed by atoms with van der Waals surface area (Å²) < 4.78 is 29.2. The molecular weight excluding hydrogens is 322 g/mol. The van der Waals surface area contributed by atoms with Crippen molar-refractivity contribution in [3.8, 4) is 0 Å². The predicted octanol–water partition coefficient (Wildman–Crippen LogP) is 2.33. The molecule has 1 N–H and O–H groups in total. The molecule has 6 heteroatoms. The molecule has 2 fully saturated rings. The maximum Gasteiger partial charge on any atom is 0.214 e. The molecule has 0 amide bonds. The van der Waals surface area contributed by atoms with Gasteiger partial charge in [-0.2, -0.15) is 0 Å². The van der Waals surface area contributed by atoms with Crippen LogP contribution in [0.5, 0.6) is 0 Å². The minimum atomic E-state index is -3.05. The van der Waals surface area contributed by atoms with Gasteiger partial charge in [0.1, 0.15) is 0 Å². The molecule has 0 bridgehead atoms. The average Bonchev–Trinajstić information content (AvgIpc) is 3.17. The Morgan fingerprint density at radius 3 is 2.67 bits per heavy atom. The maximum absolute atomic E-state index is 12.0. The molecule has 0 radical (unpaired) electrons. The fourth-order valence-corrected chi connectivity index (χ4v) is 5.74. The Kier molecular flexibility index (Phi) is 4.71. The summed E-state index contributed by atoms with van der Waals surface area (Å²) in [6, 6.07) is 5.10. The van der Waals surface area contributed by atoms with Crippen molar-refractivity contribution in [2.24, 2.45) is 5.92 Å². The van der Waals surface area contributed by atoms with Crippen LogP contribution < -0.4 is 4.72 Å². The van der Waals surface area contributed by atoms with Gasteiger partial charge in [-0.05, 0) is 50.2 Å². The fourth-order valence-electron chi connectivity index (χ4n) is 4.34. The molecule has 0 saturated heterocycles. The molecule has 1 atom stereocenters. The van der Waals surface area contributed by atoms with Crippen LogP contribution in [0.3, 0.4) is 0 Å². The third-order valence-corrected chi connectivity index (χ3v) is 7.85. The van der Waals surface area contributed by atoms with Gasteiger partial charge in [0.25, 0.3) is 0 Å². The lowest BCUT2D eigenvalue weighted by Crippen LogP contribution is -2.37. The Balaban J connectivity index is 1.39. The van der Waals surface area contributed by atoms with Crippen molar-refractivity contribution < 1.29 is 8.42 Å². The monoisotopic (exact) mass is 351 g/mol. The highest BCUT2D eigenvalue weighted by Gasteiger charge is 2.35. The third-order valence-electron chi connectivity index (χ3n) is 5.90. The van der Waals surface area contributed by atoms with Crippen LogP contribution in [0.4, 0.5) is 0 Å². The van der Waals surface area contributed by atoms with Gasteiger partial charge in [0.2, 0.25) is 10.0 Å². The van der Waals surface area contributed by atoms with Crippen LogP contribution in [0.2, 0.25) is 0 Å². The summed E-state index contributed by atoms with van der Waals surface area (Å²) >= 11 is 0. The van der Waals surface area contributed by atoms with Gasteiger partial charge >= 0.3 is 0 Å². The van der Waals surface area contributed by atoms with E-state index in [-0.39, 0.29) is 5.25 Å². The van der Waals surface area contributed by atoms with Crippen molar-refractivity contribution >= 4 is 10.0 Å². The number of nitrogens with one attached hydrogen (secondary N) is 1. The fraction of sp³-hybridized carbons (Fsp3) is 0.778. The lowest BCUT2D eigenvalue weighted by molar-refractivity contribution is 0.162. The number of sulfonamides is 1. The zero-order valence-corrected chi connectivity index (χ0v) is 15.2.